The third kappa shape index (κ3) is 3.98. The number of hydrogen-bond donors (Lipinski definition) is 1. The molecule has 0 aliphatic rings. The molecule has 96 valence electrons. The van der Waals surface area contributed by atoms with Crippen LogP contribution in [0.4, 0.5) is 0 Å². The van der Waals surface area contributed by atoms with Crippen LogP contribution in [0.25, 0.3) is 0 Å². The summed E-state index contributed by atoms with van der Waals surface area (Å²) in [5.74, 6) is 6.43. The zero-order valence-corrected chi connectivity index (χ0v) is 10.4. The van der Waals surface area contributed by atoms with E-state index in [1.807, 2.05) is 18.2 Å². The number of hydrogen-bond acceptors (Lipinski definition) is 5. The summed E-state index contributed by atoms with van der Waals surface area (Å²) in [6.45, 7) is 0.535. The molecular formula is C13H17N3O2. The molecule has 0 saturated carbocycles. The number of rotatable bonds is 7. The van der Waals surface area contributed by atoms with Crippen LogP contribution in [0, 0.1) is 11.3 Å². The van der Waals surface area contributed by atoms with E-state index < -0.39 is 0 Å². The predicted octanol–water partition coefficient (Wildman–Crippen LogP) is 2.06. The van der Waals surface area contributed by atoms with Gasteiger partial charge in [0.25, 0.3) is 0 Å². The zero-order valence-electron chi connectivity index (χ0n) is 10.4. The number of hydrazone groups is 1. The van der Waals surface area contributed by atoms with Gasteiger partial charge in [0.15, 0.2) is 11.5 Å². The van der Waals surface area contributed by atoms with Crippen molar-refractivity contribution in [1.29, 1.82) is 5.26 Å². The van der Waals surface area contributed by atoms with Crippen LogP contribution in [0.5, 0.6) is 11.5 Å². The van der Waals surface area contributed by atoms with Crippen molar-refractivity contribution in [1.82, 2.24) is 0 Å². The van der Waals surface area contributed by atoms with Crippen molar-refractivity contribution in [3.05, 3.63) is 23.8 Å². The van der Waals surface area contributed by atoms with Crippen LogP contribution in [0.1, 0.15) is 24.8 Å². The Morgan fingerprint density at radius 2 is 2.28 bits per heavy atom. The van der Waals surface area contributed by atoms with Gasteiger partial charge < -0.3 is 15.3 Å². The molecule has 0 fully saturated rings. The predicted molar refractivity (Wildman–Crippen MR) is 69.7 cm³/mol. The van der Waals surface area contributed by atoms with E-state index >= 15 is 0 Å². The van der Waals surface area contributed by atoms with Gasteiger partial charge in [0.2, 0.25) is 0 Å². The number of nitrogens with zero attached hydrogens (tertiary/aromatic N) is 2. The molecule has 1 aromatic carbocycles. The number of nitrogens with two attached hydrogens (primary N) is 1. The quantitative estimate of drug-likeness (QED) is 0.346. The third-order valence-corrected chi connectivity index (χ3v) is 2.37. The molecule has 2 N–H and O–H groups in total. The van der Waals surface area contributed by atoms with Gasteiger partial charge in [0.1, 0.15) is 0 Å². The van der Waals surface area contributed by atoms with Gasteiger partial charge in [0.05, 0.1) is 26.0 Å². The van der Waals surface area contributed by atoms with Crippen molar-refractivity contribution in [2.75, 3.05) is 13.7 Å². The average molecular weight is 247 g/mol. The molecule has 0 aliphatic carbocycles. The fourth-order valence-corrected chi connectivity index (χ4v) is 1.51. The summed E-state index contributed by atoms with van der Waals surface area (Å²) in [7, 11) is 1.58. The molecule has 1 rings (SSSR count). The molecule has 0 unspecified atom stereocenters. The van der Waals surface area contributed by atoms with Crippen molar-refractivity contribution in [2.45, 2.75) is 19.3 Å². The molecule has 5 nitrogen and oxygen atoms in total. The van der Waals surface area contributed by atoms with Crippen molar-refractivity contribution >= 4 is 6.21 Å². The van der Waals surface area contributed by atoms with Crippen LogP contribution in [-0.2, 0) is 0 Å². The summed E-state index contributed by atoms with van der Waals surface area (Å²) < 4.78 is 10.9. The van der Waals surface area contributed by atoms with Gasteiger partial charge in [-0.25, -0.2) is 0 Å². The summed E-state index contributed by atoms with van der Waals surface area (Å²) in [5.41, 5.74) is 0.775. The van der Waals surface area contributed by atoms with E-state index in [9.17, 15) is 0 Å². The van der Waals surface area contributed by atoms with E-state index in [4.69, 9.17) is 20.6 Å². The van der Waals surface area contributed by atoms with Crippen molar-refractivity contribution in [3.8, 4) is 17.6 Å². The highest BCUT2D eigenvalue weighted by molar-refractivity contribution is 5.84. The summed E-state index contributed by atoms with van der Waals surface area (Å²) in [5, 5.41) is 11.9. The summed E-state index contributed by atoms with van der Waals surface area (Å²) in [4.78, 5) is 0. The first kappa shape index (κ1) is 13.8. The number of methoxy groups -OCH3 is 1. The fourth-order valence-electron chi connectivity index (χ4n) is 1.51. The second-order valence-corrected chi connectivity index (χ2v) is 3.62. The van der Waals surface area contributed by atoms with E-state index in [2.05, 4.69) is 11.2 Å². The highest BCUT2D eigenvalue weighted by atomic mass is 16.5. The minimum atomic E-state index is 0.535. The number of nitriles is 1. The number of ether oxygens (including phenoxy) is 2. The zero-order chi connectivity index (χ0) is 13.2. The molecule has 0 heterocycles. The average Bonchev–Trinajstić information content (AvgIpc) is 2.40. The Morgan fingerprint density at radius 3 is 2.94 bits per heavy atom. The van der Waals surface area contributed by atoms with Crippen LogP contribution in [0.2, 0.25) is 0 Å². The van der Waals surface area contributed by atoms with Crippen LogP contribution in [0.3, 0.4) is 0 Å². The van der Waals surface area contributed by atoms with E-state index in [0.717, 1.165) is 18.4 Å². The first-order valence-corrected chi connectivity index (χ1v) is 5.73. The first-order chi connectivity index (χ1) is 8.83. The topological polar surface area (TPSA) is 80.6 Å². The normalized spacial score (nSPS) is 10.2. The van der Waals surface area contributed by atoms with Gasteiger partial charge in [-0.05, 0) is 25.0 Å². The SMILES string of the molecule is COc1cccc(C=NN)c1OCCCCC#N. The van der Waals surface area contributed by atoms with E-state index in [-0.39, 0.29) is 0 Å². The minimum Gasteiger partial charge on any atom is -0.493 e. The molecule has 1 aromatic rings. The molecule has 5 heteroatoms. The lowest BCUT2D eigenvalue weighted by Gasteiger charge is -2.12. The maximum atomic E-state index is 8.44. The Bertz CT molecular complexity index is 438. The molecule has 0 aromatic heterocycles. The molecular weight excluding hydrogens is 230 g/mol. The second kappa shape index (κ2) is 7.96. The van der Waals surface area contributed by atoms with Crippen molar-refractivity contribution in [3.63, 3.8) is 0 Å². The van der Waals surface area contributed by atoms with Crippen LogP contribution < -0.4 is 15.3 Å². The molecule has 0 amide bonds. The van der Waals surface area contributed by atoms with Gasteiger partial charge in [-0.15, -0.1) is 0 Å². The Balaban J connectivity index is 2.69. The van der Waals surface area contributed by atoms with Crippen LogP contribution in [-0.4, -0.2) is 19.9 Å². The Hall–Kier alpha value is -2.22. The standard InChI is InChI=1S/C13H17N3O2/c1-17-12-7-5-6-11(10-16-15)13(12)18-9-4-2-3-8-14/h5-7,10H,2-4,9,15H2,1H3. The maximum Gasteiger partial charge on any atom is 0.169 e. The van der Waals surface area contributed by atoms with E-state index in [1.54, 1.807) is 7.11 Å². The highest BCUT2D eigenvalue weighted by Gasteiger charge is 2.08. The largest absolute Gasteiger partial charge is 0.493 e. The lowest BCUT2D eigenvalue weighted by atomic mass is 10.2. The molecule has 0 spiro atoms. The number of para-hydroxylation sites is 1. The van der Waals surface area contributed by atoms with Gasteiger partial charge in [-0.3, -0.25) is 0 Å². The van der Waals surface area contributed by atoms with Gasteiger partial charge in [-0.2, -0.15) is 10.4 Å². The van der Waals surface area contributed by atoms with Gasteiger partial charge >= 0.3 is 0 Å². The molecule has 0 bridgehead atoms. The minimum absolute atomic E-state index is 0.535. The summed E-state index contributed by atoms with van der Waals surface area (Å²) >= 11 is 0. The van der Waals surface area contributed by atoms with E-state index in [0.29, 0.717) is 24.5 Å². The first-order valence-electron chi connectivity index (χ1n) is 5.73. The molecule has 0 radical (unpaired) electrons. The van der Waals surface area contributed by atoms with Gasteiger partial charge in [-0.1, -0.05) is 6.07 Å². The fraction of sp³-hybridized carbons (Fsp3) is 0.385. The smallest absolute Gasteiger partial charge is 0.169 e. The molecule has 0 aliphatic heterocycles. The molecule has 18 heavy (non-hydrogen) atoms. The van der Waals surface area contributed by atoms with Crippen molar-refractivity contribution in [2.24, 2.45) is 10.9 Å². The second-order valence-electron chi connectivity index (χ2n) is 3.62. The van der Waals surface area contributed by atoms with E-state index in [1.165, 1.54) is 6.21 Å². The highest BCUT2D eigenvalue weighted by Crippen LogP contribution is 2.30. The Morgan fingerprint density at radius 1 is 1.44 bits per heavy atom. The number of benzene rings is 1. The Kier molecular flexibility index (Phi) is 6.12. The Labute approximate surface area is 107 Å². The summed E-state index contributed by atoms with van der Waals surface area (Å²) in [6, 6.07) is 7.62. The lowest BCUT2D eigenvalue weighted by Crippen LogP contribution is -2.02. The molecule has 0 saturated heterocycles. The summed E-state index contributed by atoms with van der Waals surface area (Å²) in [6.07, 6.45) is 3.72. The van der Waals surface area contributed by atoms with Crippen LogP contribution in [0.15, 0.2) is 23.3 Å². The van der Waals surface area contributed by atoms with Gasteiger partial charge in [0, 0.05) is 12.0 Å². The third-order valence-electron chi connectivity index (χ3n) is 2.37. The van der Waals surface area contributed by atoms with Crippen LogP contribution >= 0.6 is 0 Å². The lowest BCUT2D eigenvalue weighted by molar-refractivity contribution is 0.286. The van der Waals surface area contributed by atoms with Crippen molar-refractivity contribution < 1.29 is 9.47 Å². The number of unbranched alkanes of at least 4 members (excludes halogenated alkanes) is 2. The molecule has 0 atom stereocenters. The maximum absolute atomic E-state index is 8.44. The monoisotopic (exact) mass is 247 g/mol.